The third kappa shape index (κ3) is 5.53. The maximum atomic E-state index is 12.5. The van der Waals surface area contributed by atoms with Crippen molar-refractivity contribution in [3.63, 3.8) is 0 Å². The molecule has 0 bridgehead atoms. The number of hydrogen-bond acceptors (Lipinski definition) is 5. The fourth-order valence-corrected chi connectivity index (χ4v) is 4.59. The zero-order chi connectivity index (χ0) is 21.8. The first kappa shape index (κ1) is 22.1. The summed E-state index contributed by atoms with van der Waals surface area (Å²) in [4.78, 5) is 17.8. The molecule has 30 heavy (non-hydrogen) atoms. The second-order valence-corrected chi connectivity index (χ2v) is 10.6. The summed E-state index contributed by atoms with van der Waals surface area (Å²) in [5.74, 6) is -0.411. The van der Waals surface area contributed by atoms with E-state index in [9.17, 15) is 13.2 Å². The van der Waals surface area contributed by atoms with Gasteiger partial charge in [-0.15, -0.1) is 11.3 Å². The van der Waals surface area contributed by atoms with E-state index < -0.39 is 15.9 Å². The van der Waals surface area contributed by atoms with Crippen molar-refractivity contribution in [3.05, 3.63) is 71.2 Å². The summed E-state index contributed by atoms with van der Waals surface area (Å²) < 4.78 is 27.3. The first-order valence-electron chi connectivity index (χ1n) is 9.51. The van der Waals surface area contributed by atoms with Crippen LogP contribution >= 0.6 is 11.3 Å². The zero-order valence-electron chi connectivity index (χ0n) is 17.2. The van der Waals surface area contributed by atoms with E-state index in [1.54, 1.807) is 41.8 Å². The van der Waals surface area contributed by atoms with E-state index in [1.165, 1.54) is 0 Å². The van der Waals surface area contributed by atoms with Gasteiger partial charge in [-0.05, 0) is 46.2 Å². The van der Waals surface area contributed by atoms with Crippen LogP contribution in [0.15, 0.2) is 65.0 Å². The Morgan fingerprint density at radius 1 is 1.07 bits per heavy atom. The number of rotatable bonds is 7. The highest BCUT2D eigenvalue weighted by atomic mass is 32.2. The number of carbonyl (C=O) groups excluding carboxylic acids is 1. The highest BCUT2D eigenvalue weighted by Gasteiger charge is 2.18. The third-order valence-electron chi connectivity index (χ3n) is 4.58. The van der Waals surface area contributed by atoms with Crippen molar-refractivity contribution >= 4 is 27.3 Å². The molecule has 0 fully saturated rings. The topological polar surface area (TPSA) is 88.2 Å². The number of pyridine rings is 1. The second kappa shape index (κ2) is 9.07. The fraction of sp³-hybridized carbons (Fsp3) is 0.273. The van der Waals surface area contributed by atoms with Crippen molar-refractivity contribution in [1.29, 1.82) is 0 Å². The van der Waals surface area contributed by atoms with E-state index in [-0.39, 0.29) is 23.4 Å². The fourth-order valence-electron chi connectivity index (χ4n) is 2.85. The van der Waals surface area contributed by atoms with Crippen LogP contribution in [0.2, 0.25) is 0 Å². The molecule has 3 rings (SSSR count). The van der Waals surface area contributed by atoms with Crippen LogP contribution in [0.1, 0.15) is 31.9 Å². The predicted octanol–water partition coefficient (Wildman–Crippen LogP) is 3.70. The molecule has 0 aliphatic carbocycles. The summed E-state index contributed by atoms with van der Waals surface area (Å²) >= 11 is 1.57. The van der Waals surface area contributed by atoms with Crippen LogP contribution in [0.3, 0.4) is 0 Å². The Bertz CT molecular complexity index is 1100. The molecule has 0 radical (unpaired) electrons. The molecule has 2 aromatic heterocycles. The van der Waals surface area contributed by atoms with Gasteiger partial charge < -0.3 is 5.32 Å². The van der Waals surface area contributed by atoms with E-state index in [4.69, 9.17) is 0 Å². The lowest BCUT2D eigenvalue weighted by atomic mass is 9.87. The van der Waals surface area contributed by atoms with Crippen molar-refractivity contribution in [2.75, 3.05) is 6.54 Å². The van der Waals surface area contributed by atoms with Gasteiger partial charge in [-0.1, -0.05) is 45.0 Å². The number of thiophene rings is 1. The SMILES string of the molecule is CC(C)(C)c1ccc(S(=O)(=O)NCC(=O)NCc2cccnc2-c2cccs2)cc1. The minimum atomic E-state index is -3.77. The van der Waals surface area contributed by atoms with Crippen LogP contribution in [0.5, 0.6) is 0 Å². The molecular formula is C22H25N3O3S2. The number of benzene rings is 1. The number of amides is 1. The minimum absolute atomic E-state index is 0.0656. The average molecular weight is 444 g/mol. The Morgan fingerprint density at radius 3 is 2.43 bits per heavy atom. The summed E-state index contributed by atoms with van der Waals surface area (Å²) in [5.41, 5.74) is 2.66. The first-order valence-corrected chi connectivity index (χ1v) is 11.9. The summed E-state index contributed by atoms with van der Waals surface area (Å²) in [6.07, 6.45) is 1.71. The number of nitrogens with zero attached hydrogens (tertiary/aromatic N) is 1. The molecule has 3 aromatic rings. The molecule has 0 aliphatic heterocycles. The second-order valence-electron chi connectivity index (χ2n) is 7.86. The Kier molecular flexibility index (Phi) is 6.70. The number of sulfonamides is 1. The van der Waals surface area contributed by atoms with E-state index in [0.29, 0.717) is 0 Å². The van der Waals surface area contributed by atoms with E-state index in [0.717, 1.165) is 21.7 Å². The van der Waals surface area contributed by atoms with Crippen molar-refractivity contribution in [2.45, 2.75) is 37.6 Å². The number of aromatic nitrogens is 1. The number of carbonyl (C=O) groups is 1. The van der Waals surface area contributed by atoms with Gasteiger partial charge >= 0.3 is 0 Å². The molecule has 0 saturated carbocycles. The lowest BCUT2D eigenvalue weighted by Crippen LogP contribution is -2.36. The van der Waals surface area contributed by atoms with E-state index in [1.807, 2.05) is 29.6 Å². The molecule has 0 saturated heterocycles. The molecule has 2 N–H and O–H groups in total. The zero-order valence-corrected chi connectivity index (χ0v) is 18.8. The molecule has 1 aromatic carbocycles. The lowest BCUT2D eigenvalue weighted by molar-refractivity contribution is -0.120. The monoisotopic (exact) mass is 443 g/mol. The molecule has 8 heteroatoms. The molecule has 0 atom stereocenters. The van der Waals surface area contributed by atoms with Crippen LogP contribution in [0.4, 0.5) is 0 Å². The smallest absolute Gasteiger partial charge is 0.241 e. The number of nitrogens with one attached hydrogen (secondary N) is 2. The Hall–Kier alpha value is -2.55. The van der Waals surface area contributed by atoms with Crippen molar-refractivity contribution in [1.82, 2.24) is 15.0 Å². The van der Waals surface area contributed by atoms with Gasteiger partial charge in [0.05, 0.1) is 22.0 Å². The Morgan fingerprint density at radius 2 is 1.80 bits per heavy atom. The van der Waals surface area contributed by atoms with Gasteiger partial charge in [-0.3, -0.25) is 9.78 Å². The first-order chi connectivity index (χ1) is 14.2. The molecule has 2 heterocycles. The molecule has 6 nitrogen and oxygen atoms in total. The summed E-state index contributed by atoms with van der Waals surface area (Å²) in [7, 11) is -3.77. The molecule has 1 amide bonds. The van der Waals surface area contributed by atoms with Gasteiger partial charge in [-0.2, -0.15) is 0 Å². The summed E-state index contributed by atoms with van der Waals surface area (Å²) in [6, 6.07) is 14.3. The van der Waals surface area contributed by atoms with Crippen LogP contribution in [-0.2, 0) is 26.8 Å². The predicted molar refractivity (Wildman–Crippen MR) is 120 cm³/mol. The highest BCUT2D eigenvalue weighted by molar-refractivity contribution is 7.89. The van der Waals surface area contributed by atoms with Gasteiger partial charge in [0.25, 0.3) is 0 Å². The largest absolute Gasteiger partial charge is 0.351 e. The molecule has 158 valence electrons. The van der Waals surface area contributed by atoms with Crippen LogP contribution in [-0.4, -0.2) is 25.9 Å². The quantitative estimate of drug-likeness (QED) is 0.583. The Balaban J connectivity index is 1.59. The third-order valence-corrected chi connectivity index (χ3v) is 6.87. The summed E-state index contributed by atoms with van der Waals surface area (Å²) in [5, 5.41) is 4.72. The Labute approximate surface area is 181 Å². The van der Waals surface area contributed by atoms with Gasteiger partial charge in [0.15, 0.2) is 0 Å². The molecule has 0 spiro atoms. The average Bonchev–Trinajstić information content (AvgIpc) is 3.25. The normalized spacial score (nSPS) is 12.0. The van der Waals surface area contributed by atoms with Gasteiger partial charge in [0, 0.05) is 12.7 Å². The van der Waals surface area contributed by atoms with Crippen molar-refractivity contribution in [3.8, 4) is 10.6 Å². The van der Waals surface area contributed by atoms with Crippen molar-refractivity contribution in [2.24, 2.45) is 0 Å². The minimum Gasteiger partial charge on any atom is -0.351 e. The summed E-state index contributed by atoms with van der Waals surface area (Å²) in [6.45, 7) is 6.11. The molecular weight excluding hydrogens is 418 g/mol. The van der Waals surface area contributed by atoms with Gasteiger partial charge in [0.2, 0.25) is 15.9 Å². The van der Waals surface area contributed by atoms with Crippen LogP contribution < -0.4 is 10.0 Å². The van der Waals surface area contributed by atoms with Crippen LogP contribution in [0.25, 0.3) is 10.6 Å². The van der Waals surface area contributed by atoms with Gasteiger partial charge in [0.1, 0.15) is 0 Å². The van der Waals surface area contributed by atoms with Crippen LogP contribution in [0, 0.1) is 0 Å². The molecule has 0 aliphatic rings. The standard InChI is InChI=1S/C22H25N3O3S2/c1-22(2,3)17-8-10-18(11-9-17)30(27,28)25-15-20(26)24-14-16-6-4-12-23-21(16)19-7-5-13-29-19/h4-13,25H,14-15H2,1-3H3,(H,24,26). The van der Waals surface area contributed by atoms with Crippen molar-refractivity contribution < 1.29 is 13.2 Å². The highest BCUT2D eigenvalue weighted by Crippen LogP contribution is 2.26. The lowest BCUT2D eigenvalue weighted by Gasteiger charge is -2.19. The van der Waals surface area contributed by atoms with Gasteiger partial charge in [-0.25, -0.2) is 13.1 Å². The maximum Gasteiger partial charge on any atom is 0.241 e. The van der Waals surface area contributed by atoms with E-state index >= 15 is 0 Å². The maximum absolute atomic E-state index is 12.5. The number of hydrogen-bond donors (Lipinski definition) is 2. The molecule has 0 unspecified atom stereocenters. The van der Waals surface area contributed by atoms with E-state index in [2.05, 4.69) is 35.8 Å².